The average molecular weight is 255 g/mol. The van der Waals surface area contributed by atoms with Crippen LogP contribution in [0.15, 0.2) is 29.7 Å². The van der Waals surface area contributed by atoms with Crippen molar-refractivity contribution in [1.82, 2.24) is 0 Å². The molecule has 0 radical (unpaired) electrons. The molecule has 0 aromatic heterocycles. The molecule has 1 aromatic rings. The van der Waals surface area contributed by atoms with E-state index in [0.717, 1.165) is 11.4 Å². The van der Waals surface area contributed by atoms with E-state index in [0.29, 0.717) is 0 Å². The van der Waals surface area contributed by atoms with Gasteiger partial charge in [-0.3, -0.25) is 0 Å². The molecule has 16 heavy (non-hydrogen) atoms. The summed E-state index contributed by atoms with van der Waals surface area (Å²) in [5, 5.41) is 3.06. The molecule has 0 fully saturated rings. The topological polar surface area (TPSA) is 0 Å². The summed E-state index contributed by atoms with van der Waals surface area (Å²) in [7, 11) is 0. The Morgan fingerprint density at radius 3 is 2.50 bits per heavy atom. The Hall–Kier alpha value is -0.400. The molecule has 0 spiro atoms. The van der Waals surface area contributed by atoms with Gasteiger partial charge in [-0.15, -0.1) is 11.8 Å². The van der Waals surface area contributed by atoms with E-state index in [1.807, 2.05) is 12.1 Å². The lowest BCUT2D eigenvalue weighted by atomic mass is 10.0. The summed E-state index contributed by atoms with van der Waals surface area (Å²) in [5.41, 5.74) is 2.73. The third-order valence-electron chi connectivity index (χ3n) is 2.52. The number of allylic oxidation sites excluding steroid dienone is 1. The molecule has 88 valence electrons. The van der Waals surface area contributed by atoms with Gasteiger partial charge in [-0.05, 0) is 47.8 Å². The lowest BCUT2D eigenvalue weighted by molar-refractivity contribution is 0.735. The Bertz CT molecular complexity index is 327. The Labute approximate surface area is 108 Å². The van der Waals surface area contributed by atoms with Crippen LogP contribution >= 0.6 is 23.4 Å². The zero-order valence-electron chi connectivity index (χ0n) is 10.0. The molecule has 0 heterocycles. The van der Waals surface area contributed by atoms with Gasteiger partial charge in [0, 0.05) is 5.02 Å². The van der Waals surface area contributed by atoms with Crippen molar-refractivity contribution in [3.63, 3.8) is 0 Å². The van der Waals surface area contributed by atoms with Gasteiger partial charge >= 0.3 is 0 Å². The molecule has 1 rings (SSSR count). The Kier molecular flexibility index (Phi) is 6.67. The number of unbranched alkanes of at least 4 members (excludes halogenated alkanes) is 2. The fourth-order valence-electron chi connectivity index (χ4n) is 1.64. The van der Waals surface area contributed by atoms with Crippen molar-refractivity contribution in [3.05, 3.63) is 40.3 Å². The van der Waals surface area contributed by atoms with Crippen LogP contribution in [0.1, 0.15) is 38.2 Å². The quantitative estimate of drug-likeness (QED) is 0.594. The van der Waals surface area contributed by atoms with E-state index in [4.69, 9.17) is 11.6 Å². The molecule has 0 unspecified atom stereocenters. The van der Waals surface area contributed by atoms with Crippen LogP contribution < -0.4 is 0 Å². The zero-order valence-corrected chi connectivity index (χ0v) is 11.6. The maximum Gasteiger partial charge on any atom is 0.0406 e. The number of benzene rings is 1. The number of thioether (sulfide) groups is 1. The van der Waals surface area contributed by atoms with E-state index < -0.39 is 0 Å². The smallest absolute Gasteiger partial charge is 0.0406 e. The van der Waals surface area contributed by atoms with Crippen molar-refractivity contribution in [1.29, 1.82) is 0 Å². The zero-order chi connectivity index (χ0) is 11.8. The second-order valence-corrected chi connectivity index (χ2v) is 4.99. The van der Waals surface area contributed by atoms with Crippen LogP contribution in [0.5, 0.6) is 0 Å². The highest BCUT2D eigenvalue weighted by Crippen LogP contribution is 2.24. The monoisotopic (exact) mass is 254 g/mol. The minimum Gasteiger partial charge on any atom is -0.137 e. The summed E-state index contributed by atoms with van der Waals surface area (Å²) in [6.07, 6.45) is 7.12. The standard InChI is InChI=1S/C14H19ClS/c1-3-4-5-6-13(11-16-2)12-7-9-14(15)10-8-12/h7-11H,3-6H2,1-2H3/b13-11-. The average Bonchev–Trinajstić information content (AvgIpc) is 2.29. The second-order valence-electron chi connectivity index (χ2n) is 3.84. The van der Waals surface area contributed by atoms with Crippen LogP contribution in [0.25, 0.3) is 5.57 Å². The van der Waals surface area contributed by atoms with Gasteiger partial charge in [0.05, 0.1) is 0 Å². The van der Waals surface area contributed by atoms with Crippen LogP contribution in [-0.2, 0) is 0 Å². The highest BCUT2D eigenvalue weighted by atomic mass is 35.5. The number of rotatable bonds is 6. The van der Waals surface area contributed by atoms with E-state index >= 15 is 0 Å². The summed E-state index contributed by atoms with van der Waals surface area (Å²) in [6.45, 7) is 2.24. The lowest BCUT2D eigenvalue weighted by Crippen LogP contribution is -1.85. The van der Waals surface area contributed by atoms with Crippen molar-refractivity contribution in [2.45, 2.75) is 32.6 Å². The van der Waals surface area contributed by atoms with Crippen molar-refractivity contribution in [2.24, 2.45) is 0 Å². The minimum absolute atomic E-state index is 0.806. The summed E-state index contributed by atoms with van der Waals surface area (Å²) < 4.78 is 0. The third-order valence-corrected chi connectivity index (χ3v) is 3.30. The molecule has 1 aromatic carbocycles. The molecule has 0 bridgehead atoms. The first-order valence-electron chi connectivity index (χ1n) is 5.75. The predicted octanol–water partition coefficient (Wildman–Crippen LogP) is 5.62. The molecule has 0 atom stereocenters. The number of hydrogen-bond acceptors (Lipinski definition) is 1. The van der Waals surface area contributed by atoms with Crippen molar-refractivity contribution < 1.29 is 0 Å². The lowest BCUT2D eigenvalue weighted by Gasteiger charge is -2.07. The van der Waals surface area contributed by atoms with Gasteiger partial charge in [-0.25, -0.2) is 0 Å². The molecule has 0 amide bonds. The fourth-order valence-corrected chi connectivity index (χ4v) is 2.31. The third kappa shape index (κ3) is 4.63. The first-order chi connectivity index (χ1) is 7.77. The van der Waals surface area contributed by atoms with E-state index in [-0.39, 0.29) is 0 Å². The maximum atomic E-state index is 5.90. The summed E-state index contributed by atoms with van der Waals surface area (Å²) in [4.78, 5) is 0. The van der Waals surface area contributed by atoms with E-state index in [2.05, 4.69) is 30.7 Å². The Morgan fingerprint density at radius 1 is 1.25 bits per heavy atom. The largest absolute Gasteiger partial charge is 0.137 e. The maximum absolute atomic E-state index is 5.90. The first-order valence-corrected chi connectivity index (χ1v) is 7.42. The van der Waals surface area contributed by atoms with E-state index in [9.17, 15) is 0 Å². The van der Waals surface area contributed by atoms with Gasteiger partial charge in [0.25, 0.3) is 0 Å². The molecule has 0 aliphatic heterocycles. The molecule has 0 aliphatic carbocycles. The molecule has 0 saturated carbocycles. The van der Waals surface area contributed by atoms with Crippen LogP contribution in [-0.4, -0.2) is 6.26 Å². The molecule has 0 saturated heterocycles. The van der Waals surface area contributed by atoms with Crippen molar-refractivity contribution in [3.8, 4) is 0 Å². The van der Waals surface area contributed by atoms with E-state index in [1.54, 1.807) is 11.8 Å². The summed E-state index contributed by atoms with van der Waals surface area (Å²) in [6, 6.07) is 8.14. The fraction of sp³-hybridized carbons (Fsp3) is 0.429. The van der Waals surface area contributed by atoms with Crippen LogP contribution in [0.3, 0.4) is 0 Å². The highest BCUT2D eigenvalue weighted by molar-refractivity contribution is 8.01. The second kappa shape index (κ2) is 7.81. The highest BCUT2D eigenvalue weighted by Gasteiger charge is 2.01. The van der Waals surface area contributed by atoms with Crippen LogP contribution in [0, 0.1) is 0 Å². The van der Waals surface area contributed by atoms with Gasteiger partial charge in [0.2, 0.25) is 0 Å². The van der Waals surface area contributed by atoms with Crippen molar-refractivity contribution >= 4 is 28.9 Å². The van der Waals surface area contributed by atoms with Gasteiger partial charge in [-0.1, -0.05) is 43.5 Å². The Morgan fingerprint density at radius 2 is 1.94 bits per heavy atom. The first kappa shape index (κ1) is 13.7. The molecular weight excluding hydrogens is 236 g/mol. The molecule has 0 nitrogen and oxygen atoms in total. The molecule has 0 aliphatic rings. The minimum atomic E-state index is 0.806. The molecule has 0 N–H and O–H groups in total. The number of halogens is 1. The summed E-state index contributed by atoms with van der Waals surface area (Å²) >= 11 is 7.67. The molecule has 2 heteroatoms. The summed E-state index contributed by atoms with van der Waals surface area (Å²) in [5.74, 6) is 0. The van der Waals surface area contributed by atoms with Crippen LogP contribution in [0.2, 0.25) is 5.02 Å². The van der Waals surface area contributed by atoms with Gasteiger partial charge in [0.15, 0.2) is 0 Å². The SMILES string of the molecule is CCCCC/C(=C/SC)c1ccc(Cl)cc1. The number of hydrogen-bond donors (Lipinski definition) is 0. The Balaban J connectivity index is 2.70. The van der Waals surface area contributed by atoms with Crippen LogP contribution in [0.4, 0.5) is 0 Å². The van der Waals surface area contributed by atoms with Crippen molar-refractivity contribution in [2.75, 3.05) is 6.26 Å². The van der Waals surface area contributed by atoms with Gasteiger partial charge in [0.1, 0.15) is 0 Å². The predicted molar refractivity (Wildman–Crippen MR) is 77.1 cm³/mol. The normalized spacial score (nSPS) is 11.8. The molecular formula is C14H19ClS. The van der Waals surface area contributed by atoms with Gasteiger partial charge < -0.3 is 0 Å². The van der Waals surface area contributed by atoms with E-state index in [1.165, 1.54) is 30.4 Å². The van der Waals surface area contributed by atoms with Gasteiger partial charge in [-0.2, -0.15) is 0 Å².